The van der Waals surface area contributed by atoms with Crippen molar-refractivity contribution in [1.29, 1.82) is 0 Å². The molecule has 2 atom stereocenters. The van der Waals surface area contributed by atoms with Crippen molar-refractivity contribution in [1.82, 2.24) is 9.80 Å². The summed E-state index contributed by atoms with van der Waals surface area (Å²) >= 11 is 0. The van der Waals surface area contributed by atoms with E-state index in [1.807, 2.05) is 37.8 Å². The fourth-order valence-corrected chi connectivity index (χ4v) is 5.53. The van der Waals surface area contributed by atoms with E-state index in [0.717, 1.165) is 19.5 Å². The van der Waals surface area contributed by atoms with Gasteiger partial charge in [0, 0.05) is 45.0 Å². The second-order valence-corrected chi connectivity index (χ2v) is 11.4. The third-order valence-corrected chi connectivity index (χ3v) is 7.47. The molecular weight excluding hydrogens is 450 g/mol. The Hall–Kier alpha value is -3.02. The monoisotopic (exact) mass is 491 g/mol. The molecule has 2 aromatic carbocycles. The summed E-state index contributed by atoms with van der Waals surface area (Å²) in [5.41, 5.74) is 5.63. The molecule has 2 fully saturated rings. The van der Waals surface area contributed by atoms with E-state index in [4.69, 9.17) is 4.74 Å². The molecule has 0 N–H and O–H groups in total. The van der Waals surface area contributed by atoms with Crippen molar-refractivity contribution >= 4 is 17.7 Å². The normalized spacial score (nSPS) is 20.9. The largest absolute Gasteiger partial charge is 0.444 e. The maximum atomic E-state index is 14.0. The zero-order chi connectivity index (χ0) is 26.0. The van der Waals surface area contributed by atoms with Crippen molar-refractivity contribution in [3.05, 3.63) is 64.7 Å². The summed E-state index contributed by atoms with van der Waals surface area (Å²) in [6.07, 6.45) is 0.423. The first kappa shape index (κ1) is 26.1. The van der Waals surface area contributed by atoms with Gasteiger partial charge in [0.2, 0.25) is 5.91 Å². The number of hydrogen-bond acceptors (Lipinski definition) is 4. The van der Waals surface area contributed by atoms with Crippen LogP contribution in [0.4, 0.5) is 10.5 Å². The fourth-order valence-electron chi connectivity index (χ4n) is 5.53. The average Bonchev–Trinajstić information content (AvgIpc) is 2.84. The molecule has 6 nitrogen and oxygen atoms in total. The van der Waals surface area contributed by atoms with E-state index < -0.39 is 5.60 Å². The van der Waals surface area contributed by atoms with Crippen LogP contribution in [0.15, 0.2) is 42.5 Å². The third kappa shape index (κ3) is 5.85. The Morgan fingerprint density at radius 2 is 1.56 bits per heavy atom. The molecule has 2 aliphatic rings. The molecule has 2 aromatic rings. The smallest absolute Gasteiger partial charge is 0.410 e. The molecular formula is C30H41N3O3. The van der Waals surface area contributed by atoms with Crippen LogP contribution in [0.2, 0.25) is 0 Å². The molecule has 2 saturated heterocycles. The van der Waals surface area contributed by atoms with E-state index in [2.05, 4.69) is 56.0 Å². The summed E-state index contributed by atoms with van der Waals surface area (Å²) in [7, 11) is 0. The number of piperazine rings is 1. The molecule has 194 valence electrons. The van der Waals surface area contributed by atoms with Gasteiger partial charge in [-0.25, -0.2) is 4.79 Å². The molecule has 0 bridgehead atoms. The number of carbonyl (C=O) groups is 2. The van der Waals surface area contributed by atoms with Gasteiger partial charge in [-0.2, -0.15) is 0 Å². The Kier molecular flexibility index (Phi) is 7.62. The lowest BCUT2D eigenvalue weighted by Crippen LogP contribution is -2.55. The van der Waals surface area contributed by atoms with Gasteiger partial charge in [-0.3, -0.25) is 4.79 Å². The van der Waals surface area contributed by atoms with Gasteiger partial charge in [-0.15, -0.1) is 0 Å². The topological polar surface area (TPSA) is 53.1 Å². The second kappa shape index (κ2) is 10.5. The van der Waals surface area contributed by atoms with Crippen LogP contribution >= 0.6 is 0 Å². The van der Waals surface area contributed by atoms with Crippen molar-refractivity contribution in [2.75, 3.05) is 44.2 Å². The van der Waals surface area contributed by atoms with Gasteiger partial charge in [0.25, 0.3) is 0 Å². The number of nitrogens with zero attached hydrogens (tertiary/aromatic N) is 3. The highest BCUT2D eigenvalue weighted by atomic mass is 16.6. The van der Waals surface area contributed by atoms with Crippen molar-refractivity contribution in [3.8, 4) is 0 Å². The second-order valence-electron chi connectivity index (χ2n) is 11.4. The van der Waals surface area contributed by atoms with Crippen LogP contribution in [0.25, 0.3) is 0 Å². The lowest BCUT2D eigenvalue weighted by atomic mass is 9.78. The number of aryl methyl sites for hydroxylation is 3. The van der Waals surface area contributed by atoms with Crippen molar-refractivity contribution in [3.63, 3.8) is 0 Å². The van der Waals surface area contributed by atoms with E-state index in [1.165, 1.54) is 27.9 Å². The Bertz CT molecular complexity index is 1100. The molecule has 4 rings (SSSR count). The predicted molar refractivity (Wildman–Crippen MR) is 145 cm³/mol. The van der Waals surface area contributed by atoms with Gasteiger partial charge in [-0.1, -0.05) is 36.4 Å². The van der Waals surface area contributed by atoms with Gasteiger partial charge < -0.3 is 19.4 Å². The average molecular weight is 492 g/mol. The first-order chi connectivity index (χ1) is 17.0. The summed E-state index contributed by atoms with van der Waals surface area (Å²) in [5.74, 6) is -0.0359. The number of rotatable bonds is 3. The number of likely N-dealkylation sites (tertiary alicyclic amines) is 1. The number of piperidine rings is 1. The molecule has 0 radical (unpaired) electrons. The minimum Gasteiger partial charge on any atom is -0.444 e. The van der Waals surface area contributed by atoms with E-state index in [0.29, 0.717) is 26.2 Å². The third-order valence-electron chi connectivity index (χ3n) is 7.47. The first-order valence-electron chi connectivity index (χ1n) is 13.2. The molecule has 6 heteroatoms. The molecule has 36 heavy (non-hydrogen) atoms. The fraction of sp³-hybridized carbons (Fsp3) is 0.533. The van der Waals surface area contributed by atoms with E-state index in [9.17, 15) is 9.59 Å². The summed E-state index contributed by atoms with van der Waals surface area (Å²) in [5, 5.41) is 0. The van der Waals surface area contributed by atoms with Crippen LogP contribution in [0.1, 0.15) is 55.4 Å². The molecule has 0 aromatic heterocycles. The van der Waals surface area contributed by atoms with Gasteiger partial charge in [0.1, 0.15) is 5.60 Å². The zero-order valence-corrected chi connectivity index (χ0v) is 22.7. The Labute approximate surface area is 216 Å². The maximum Gasteiger partial charge on any atom is 0.410 e. The zero-order valence-electron chi connectivity index (χ0n) is 22.7. The molecule has 0 saturated carbocycles. The summed E-state index contributed by atoms with van der Waals surface area (Å²) in [6, 6.07) is 14.9. The van der Waals surface area contributed by atoms with E-state index >= 15 is 0 Å². The SMILES string of the molecule is Cc1ccc(C)c(N2CCN(C(=O)[C@@H]3CN(C(=O)OC(C)(C)C)CC[C@@H]3c3ccccc3C)CC2)c1. The van der Waals surface area contributed by atoms with Crippen LogP contribution in [0, 0.1) is 26.7 Å². The number of anilines is 1. The number of amides is 2. The van der Waals surface area contributed by atoms with Crippen molar-refractivity contribution in [2.24, 2.45) is 5.92 Å². The van der Waals surface area contributed by atoms with E-state index in [1.54, 1.807) is 4.90 Å². The Morgan fingerprint density at radius 3 is 2.22 bits per heavy atom. The molecule has 2 aliphatic heterocycles. The minimum absolute atomic E-state index is 0.0921. The minimum atomic E-state index is -0.562. The summed E-state index contributed by atoms with van der Waals surface area (Å²) < 4.78 is 5.65. The van der Waals surface area contributed by atoms with Gasteiger partial charge >= 0.3 is 6.09 Å². The van der Waals surface area contributed by atoms with Gasteiger partial charge in [0.15, 0.2) is 0 Å². The van der Waals surface area contributed by atoms with Crippen LogP contribution in [0.5, 0.6) is 0 Å². The van der Waals surface area contributed by atoms with Gasteiger partial charge in [0.05, 0.1) is 5.92 Å². The van der Waals surface area contributed by atoms with Crippen molar-refractivity contribution in [2.45, 2.75) is 59.5 Å². The van der Waals surface area contributed by atoms with Crippen LogP contribution < -0.4 is 4.90 Å². The molecule has 0 spiro atoms. The van der Waals surface area contributed by atoms with Crippen LogP contribution in [0.3, 0.4) is 0 Å². The molecule has 0 unspecified atom stereocenters. The predicted octanol–water partition coefficient (Wildman–Crippen LogP) is 5.30. The molecule has 2 heterocycles. The maximum absolute atomic E-state index is 14.0. The van der Waals surface area contributed by atoms with Crippen LogP contribution in [-0.2, 0) is 9.53 Å². The summed E-state index contributed by atoms with van der Waals surface area (Å²) in [4.78, 5) is 33.0. The number of benzene rings is 2. The summed E-state index contributed by atoms with van der Waals surface area (Å²) in [6.45, 7) is 16.0. The Balaban J connectivity index is 1.52. The van der Waals surface area contributed by atoms with Crippen LogP contribution in [-0.4, -0.2) is 66.7 Å². The van der Waals surface area contributed by atoms with E-state index in [-0.39, 0.29) is 23.8 Å². The highest BCUT2D eigenvalue weighted by molar-refractivity contribution is 5.82. The van der Waals surface area contributed by atoms with Crippen molar-refractivity contribution < 1.29 is 14.3 Å². The highest BCUT2D eigenvalue weighted by Gasteiger charge is 2.41. The number of carbonyl (C=O) groups excluding carboxylic acids is 2. The first-order valence-corrected chi connectivity index (χ1v) is 13.2. The van der Waals surface area contributed by atoms with Gasteiger partial charge in [-0.05, 0) is 82.2 Å². The quantitative estimate of drug-likeness (QED) is 0.585. The highest BCUT2D eigenvalue weighted by Crippen LogP contribution is 2.37. The lowest BCUT2D eigenvalue weighted by Gasteiger charge is -2.43. The standard InChI is InChI=1S/C30H41N3O3/c1-21-11-12-23(3)27(19-21)31-15-17-32(18-16-31)28(34)26-20-33(29(35)36-30(4,5)6)14-13-25(26)24-10-8-7-9-22(24)2/h7-12,19,25-26H,13-18,20H2,1-6H3/t25-,26-/m1/s1. The number of ether oxygens (including phenoxy) is 1. The Morgan fingerprint density at radius 1 is 0.861 bits per heavy atom. The number of hydrogen-bond donors (Lipinski definition) is 0. The molecule has 2 amide bonds. The lowest BCUT2D eigenvalue weighted by molar-refractivity contribution is -0.138. The molecule has 0 aliphatic carbocycles.